The third kappa shape index (κ3) is 2.82. The number of rotatable bonds is 3. The molecule has 2 aliphatic rings. The topological polar surface area (TPSA) is 45.3 Å². The third-order valence-electron chi connectivity index (χ3n) is 6.99. The molecule has 1 aromatic carbocycles. The molecule has 0 bridgehead atoms. The molecule has 2 aromatic rings. The number of nitrogens with zero attached hydrogens (tertiary/aromatic N) is 1. The first-order valence-electron chi connectivity index (χ1n) is 9.75. The molecule has 3 heterocycles. The van der Waals surface area contributed by atoms with Crippen LogP contribution < -0.4 is 0 Å². The predicted molar refractivity (Wildman–Crippen MR) is 115 cm³/mol. The molecule has 3 atom stereocenters. The number of halogens is 2. The molecule has 2 aliphatic heterocycles. The van der Waals surface area contributed by atoms with E-state index in [0.717, 1.165) is 47.7 Å². The highest BCUT2D eigenvalue weighted by Crippen LogP contribution is 2.56. The number of fused-ring (bicyclic) bond motifs is 5. The molecule has 1 saturated heterocycles. The summed E-state index contributed by atoms with van der Waals surface area (Å²) in [6, 6.07) is 4.46. The van der Waals surface area contributed by atoms with E-state index in [1.165, 1.54) is 29.3 Å². The minimum absolute atomic E-state index is 0.0918. The van der Waals surface area contributed by atoms with E-state index < -0.39 is 0 Å². The van der Waals surface area contributed by atoms with Crippen LogP contribution in [-0.4, -0.2) is 36.1 Å². The Morgan fingerprint density at radius 1 is 1.41 bits per heavy atom. The maximum atomic E-state index is 12.6. The van der Waals surface area contributed by atoms with E-state index in [0.29, 0.717) is 0 Å². The van der Waals surface area contributed by atoms with Gasteiger partial charge in [0.25, 0.3) is 0 Å². The maximum Gasteiger partial charge on any atom is 0.309 e. The van der Waals surface area contributed by atoms with E-state index in [1.807, 2.05) is 0 Å². The fourth-order valence-electron chi connectivity index (χ4n) is 5.55. The molecule has 4 rings (SSSR count). The molecular formula is C21H26Br2N2O2. The zero-order chi connectivity index (χ0) is 19.3. The number of benzene rings is 1. The van der Waals surface area contributed by atoms with Gasteiger partial charge in [0.15, 0.2) is 0 Å². The summed E-state index contributed by atoms with van der Waals surface area (Å²) < 4.78 is 7.36. The first-order chi connectivity index (χ1) is 12.9. The standard InChI is InChI=1S/C21H26Br2N2O2/c1-4-21(12(2)20(26)27-3)9-5-10-25-11-8-13-16-15(24-18(13)19(21)25)7-6-14(22)17(16)23/h6-7,12,19,24H,4-5,8-11H2,1-3H3/t12?,19-,21+/m1/s1. The number of methoxy groups -OCH3 is 1. The number of carbonyl (C=O) groups is 1. The zero-order valence-electron chi connectivity index (χ0n) is 16.1. The van der Waals surface area contributed by atoms with Crippen molar-refractivity contribution in [1.29, 1.82) is 0 Å². The Labute approximate surface area is 177 Å². The van der Waals surface area contributed by atoms with Crippen LogP contribution in [0.15, 0.2) is 21.1 Å². The predicted octanol–water partition coefficient (Wildman–Crippen LogP) is 5.59. The van der Waals surface area contributed by atoms with Crippen LogP contribution in [0.4, 0.5) is 0 Å². The summed E-state index contributed by atoms with van der Waals surface area (Å²) in [5.41, 5.74) is 3.76. The molecule has 1 unspecified atom stereocenters. The monoisotopic (exact) mass is 496 g/mol. The average molecular weight is 498 g/mol. The van der Waals surface area contributed by atoms with Gasteiger partial charge in [0.05, 0.1) is 19.1 Å². The second-order valence-electron chi connectivity index (χ2n) is 7.92. The van der Waals surface area contributed by atoms with Crippen LogP contribution in [0.5, 0.6) is 0 Å². The number of hydrogen-bond donors (Lipinski definition) is 1. The molecule has 0 spiro atoms. The Kier molecular flexibility index (Phi) is 5.19. The van der Waals surface area contributed by atoms with Gasteiger partial charge in [-0.05, 0) is 81.8 Å². The van der Waals surface area contributed by atoms with Crippen molar-refractivity contribution < 1.29 is 9.53 Å². The van der Waals surface area contributed by atoms with Gasteiger partial charge < -0.3 is 9.72 Å². The van der Waals surface area contributed by atoms with E-state index in [4.69, 9.17) is 4.74 Å². The Bertz CT molecular complexity index is 894. The van der Waals surface area contributed by atoms with Crippen molar-refractivity contribution in [2.45, 2.75) is 45.6 Å². The smallest absolute Gasteiger partial charge is 0.309 e. The Hall–Kier alpha value is -0.850. The highest BCUT2D eigenvalue weighted by Gasteiger charge is 2.52. The molecule has 1 N–H and O–H groups in total. The number of ether oxygens (including phenoxy) is 1. The number of carbonyl (C=O) groups excluding carboxylic acids is 1. The van der Waals surface area contributed by atoms with Crippen LogP contribution in [0.2, 0.25) is 0 Å². The average Bonchev–Trinajstić information content (AvgIpc) is 3.08. The summed E-state index contributed by atoms with van der Waals surface area (Å²) >= 11 is 7.43. The number of piperidine rings is 1. The number of aromatic nitrogens is 1. The minimum atomic E-state index is -0.132. The Morgan fingerprint density at radius 3 is 2.89 bits per heavy atom. The molecule has 1 aromatic heterocycles. The first kappa shape index (κ1) is 19.5. The van der Waals surface area contributed by atoms with Crippen LogP contribution in [-0.2, 0) is 16.0 Å². The SMILES string of the molecule is CC[C@@]1(C(C)C(=O)OC)CCCN2CCc3c([nH]c4ccc(Br)c(Br)c34)[C@@H]21. The van der Waals surface area contributed by atoms with Crippen molar-refractivity contribution in [2.24, 2.45) is 11.3 Å². The van der Waals surface area contributed by atoms with Gasteiger partial charge in [-0.25, -0.2) is 0 Å². The van der Waals surface area contributed by atoms with Crippen LogP contribution in [0.3, 0.4) is 0 Å². The van der Waals surface area contributed by atoms with Gasteiger partial charge in [-0.1, -0.05) is 13.8 Å². The largest absolute Gasteiger partial charge is 0.469 e. The van der Waals surface area contributed by atoms with Gasteiger partial charge in [0, 0.05) is 37.5 Å². The van der Waals surface area contributed by atoms with Crippen molar-refractivity contribution in [3.05, 3.63) is 32.3 Å². The maximum absolute atomic E-state index is 12.6. The van der Waals surface area contributed by atoms with Gasteiger partial charge in [-0.2, -0.15) is 0 Å². The summed E-state index contributed by atoms with van der Waals surface area (Å²) in [5.74, 6) is -0.223. The minimum Gasteiger partial charge on any atom is -0.469 e. The number of nitrogens with one attached hydrogen (secondary N) is 1. The lowest BCUT2D eigenvalue weighted by atomic mass is 9.61. The fraction of sp³-hybridized carbons (Fsp3) is 0.571. The molecule has 6 heteroatoms. The number of H-pyrrole nitrogens is 1. The van der Waals surface area contributed by atoms with Crippen molar-refractivity contribution in [1.82, 2.24) is 9.88 Å². The zero-order valence-corrected chi connectivity index (χ0v) is 19.2. The molecule has 0 radical (unpaired) electrons. The van der Waals surface area contributed by atoms with E-state index >= 15 is 0 Å². The third-order valence-corrected chi connectivity index (χ3v) is 9.00. The van der Waals surface area contributed by atoms with Crippen molar-refractivity contribution in [2.75, 3.05) is 20.2 Å². The van der Waals surface area contributed by atoms with Gasteiger partial charge in [0.2, 0.25) is 0 Å². The second kappa shape index (κ2) is 7.20. The van der Waals surface area contributed by atoms with E-state index in [1.54, 1.807) is 0 Å². The molecule has 0 amide bonds. The summed E-state index contributed by atoms with van der Waals surface area (Å²) in [5, 5.41) is 1.28. The van der Waals surface area contributed by atoms with Gasteiger partial charge in [-0.3, -0.25) is 9.69 Å². The van der Waals surface area contributed by atoms with Crippen molar-refractivity contribution in [3.8, 4) is 0 Å². The molecule has 0 saturated carbocycles. The number of hydrogen-bond acceptors (Lipinski definition) is 3. The summed E-state index contributed by atoms with van der Waals surface area (Å²) in [4.78, 5) is 18.9. The highest BCUT2D eigenvalue weighted by molar-refractivity contribution is 9.13. The normalized spacial score (nSPS) is 26.5. The van der Waals surface area contributed by atoms with Crippen LogP contribution >= 0.6 is 31.9 Å². The molecule has 27 heavy (non-hydrogen) atoms. The highest BCUT2D eigenvalue weighted by atomic mass is 79.9. The van der Waals surface area contributed by atoms with Crippen LogP contribution in [0.25, 0.3) is 10.9 Å². The van der Waals surface area contributed by atoms with E-state index in [2.05, 4.69) is 67.7 Å². The lowest BCUT2D eigenvalue weighted by molar-refractivity contribution is -0.155. The molecule has 0 aliphatic carbocycles. The van der Waals surface area contributed by atoms with Gasteiger partial charge in [-0.15, -0.1) is 0 Å². The molecule has 146 valence electrons. The quantitative estimate of drug-likeness (QED) is 0.562. The lowest BCUT2D eigenvalue weighted by Gasteiger charge is -2.53. The molecule has 4 nitrogen and oxygen atoms in total. The summed E-state index contributed by atoms with van der Waals surface area (Å²) in [6.45, 7) is 6.42. The van der Waals surface area contributed by atoms with Crippen molar-refractivity contribution >= 4 is 48.7 Å². The lowest BCUT2D eigenvalue weighted by Crippen LogP contribution is -2.53. The van der Waals surface area contributed by atoms with Crippen LogP contribution in [0.1, 0.15) is 50.4 Å². The summed E-state index contributed by atoms with van der Waals surface area (Å²) in [6.07, 6.45) is 4.19. The van der Waals surface area contributed by atoms with Gasteiger partial charge >= 0.3 is 5.97 Å². The van der Waals surface area contributed by atoms with Crippen LogP contribution in [0, 0.1) is 11.3 Å². The number of esters is 1. The van der Waals surface area contributed by atoms with Crippen molar-refractivity contribution in [3.63, 3.8) is 0 Å². The first-order valence-corrected chi connectivity index (χ1v) is 11.3. The number of aromatic amines is 1. The Balaban J connectivity index is 1.92. The Morgan fingerprint density at radius 2 is 2.19 bits per heavy atom. The van der Waals surface area contributed by atoms with E-state index in [-0.39, 0.29) is 23.3 Å². The fourth-order valence-corrected chi connectivity index (χ4v) is 6.46. The summed E-state index contributed by atoms with van der Waals surface area (Å²) in [7, 11) is 1.51. The van der Waals surface area contributed by atoms with Gasteiger partial charge in [0.1, 0.15) is 0 Å². The molecular weight excluding hydrogens is 472 g/mol. The second-order valence-corrected chi connectivity index (χ2v) is 9.57. The molecule has 1 fully saturated rings. The van der Waals surface area contributed by atoms with E-state index in [9.17, 15) is 4.79 Å².